The summed E-state index contributed by atoms with van der Waals surface area (Å²) in [7, 11) is 0. The second-order valence-electron chi connectivity index (χ2n) is 4.82. The summed E-state index contributed by atoms with van der Waals surface area (Å²) in [6.45, 7) is 2.79. The van der Waals surface area contributed by atoms with Gasteiger partial charge >= 0.3 is 0 Å². The van der Waals surface area contributed by atoms with Crippen molar-refractivity contribution in [1.29, 1.82) is 0 Å². The minimum absolute atomic E-state index is 0.0616. The van der Waals surface area contributed by atoms with E-state index >= 15 is 0 Å². The number of hydrogen-bond acceptors (Lipinski definition) is 2. The minimum Gasteiger partial charge on any atom is -0.350 e. The van der Waals surface area contributed by atoms with E-state index in [-0.39, 0.29) is 11.9 Å². The van der Waals surface area contributed by atoms with Crippen LogP contribution in [0, 0.1) is 0 Å². The third kappa shape index (κ3) is 4.42. The van der Waals surface area contributed by atoms with Crippen LogP contribution in [0.4, 0.5) is 0 Å². The molecule has 98 valence electrons. The van der Waals surface area contributed by atoms with Crippen LogP contribution in [-0.2, 0) is 4.79 Å². The lowest BCUT2D eigenvalue weighted by Crippen LogP contribution is -2.30. The molecule has 0 aromatic heterocycles. The summed E-state index contributed by atoms with van der Waals surface area (Å²) >= 11 is 3.40. The van der Waals surface area contributed by atoms with Crippen molar-refractivity contribution < 1.29 is 4.79 Å². The van der Waals surface area contributed by atoms with E-state index in [9.17, 15) is 4.79 Å². The maximum atomic E-state index is 11.7. The van der Waals surface area contributed by atoms with Gasteiger partial charge in [-0.05, 0) is 37.5 Å². The molecule has 0 saturated heterocycles. The standard InChI is InChI=1S/C14H19BrN2O/c1-10(11-2-4-12(15)5-3-11)17-14(18)8-9-16-13-6-7-13/h2-5,10,13,16H,6-9H2,1H3,(H,17,18)/t10-/m0/s1. The van der Waals surface area contributed by atoms with Crippen molar-refractivity contribution in [3.63, 3.8) is 0 Å². The number of carbonyl (C=O) groups is 1. The highest BCUT2D eigenvalue weighted by atomic mass is 79.9. The summed E-state index contributed by atoms with van der Waals surface area (Å²) in [6, 6.07) is 8.77. The van der Waals surface area contributed by atoms with Crippen LogP contribution in [0.3, 0.4) is 0 Å². The third-order valence-corrected chi connectivity index (χ3v) is 3.64. The molecule has 0 heterocycles. The lowest BCUT2D eigenvalue weighted by molar-refractivity contribution is -0.121. The largest absolute Gasteiger partial charge is 0.350 e. The zero-order valence-corrected chi connectivity index (χ0v) is 12.2. The molecule has 2 rings (SSSR count). The first kappa shape index (κ1) is 13.6. The summed E-state index contributed by atoms with van der Waals surface area (Å²) in [5.74, 6) is 0.110. The molecule has 1 atom stereocenters. The average Bonchev–Trinajstić information content (AvgIpc) is 3.13. The van der Waals surface area contributed by atoms with Crippen LogP contribution in [0.1, 0.15) is 37.8 Å². The predicted molar refractivity (Wildman–Crippen MR) is 76.3 cm³/mol. The molecule has 0 spiro atoms. The summed E-state index contributed by atoms with van der Waals surface area (Å²) < 4.78 is 1.05. The van der Waals surface area contributed by atoms with E-state index in [0.29, 0.717) is 12.5 Å². The predicted octanol–water partition coefficient (Wildman–Crippen LogP) is 2.77. The zero-order valence-electron chi connectivity index (χ0n) is 10.6. The van der Waals surface area contributed by atoms with Gasteiger partial charge in [0.05, 0.1) is 6.04 Å². The molecule has 1 aliphatic rings. The summed E-state index contributed by atoms with van der Waals surface area (Å²) in [4.78, 5) is 11.7. The Morgan fingerprint density at radius 1 is 1.39 bits per heavy atom. The smallest absolute Gasteiger partial charge is 0.221 e. The Labute approximate surface area is 116 Å². The van der Waals surface area contributed by atoms with E-state index < -0.39 is 0 Å². The van der Waals surface area contributed by atoms with E-state index in [2.05, 4.69) is 26.6 Å². The molecule has 1 aromatic carbocycles. The molecule has 0 radical (unpaired) electrons. The van der Waals surface area contributed by atoms with Crippen molar-refractivity contribution >= 4 is 21.8 Å². The van der Waals surface area contributed by atoms with Gasteiger partial charge < -0.3 is 10.6 Å². The molecule has 4 heteroatoms. The van der Waals surface area contributed by atoms with Crippen LogP contribution in [-0.4, -0.2) is 18.5 Å². The quantitative estimate of drug-likeness (QED) is 0.848. The van der Waals surface area contributed by atoms with Crippen LogP contribution in [0.2, 0.25) is 0 Å². The highest BCUT2D eigenvalue weighted by molar-refractivity contribution is 9.10. The van der Waals surface area contributed by atoms with Crippen LogP contribution in [0.5, 0.6) is 0 Å². The summed E-state index contributed by atoms with van der Waals surface area (Å²) in [5, 5.41) is 6.36. The van der Waals surface area contributed by atoms with E-state index in [1.165, 1.54) is 12.8 Å². The summed E-state index contributed by atoms with van der Waals surface area (Å²) in [5.41, 5.74) is 1.13. The van der Waals surface area contributed by atoms with E-state index in [4.69, 9.17) is 0 Å². The van der Waals surface area contributed by atoms with Gasteiger partial charge in [0.15, 0.2) is 0 Å². The molecule has 1 amide bonds. The highest BCUT2D eigenvalue weighted by Crippen LogP contribution is 2.18. The number of benzene rings is 1. The number of rotatable bonds is 6. The van der Waals surface area contributed by atoms with Crippen molar-refractivity contribution in [2.75, 3.05) is 6.54 Å². The number of hydrogen-bond donors (Lipinski definition) is 2. The van der Waals surface area contributed by atoms with Crippen molar-refractivity contribution in [1.82, 2.24) is 10.6 Å². The fourth-order valence-electron chi connectivity index (χ4n) is 1.83. The second-order valence-corrected chi connectivity index (χ2v) is 5.73. The molecule has 18 heavy (non-hydrogen) atoms. The van der Waals surface area contributed by atoms with Crippen LogP contribution in [0.25, 0.3) is 0 Å². The Bertz CT molecular complexity index is 401. The number of carbonyl (C=O) groups excluding carboxylic acids is 1. The molecule has 1 saturated carbocycles. The van der Waals surface area contributed by atoms with Gasteiger partial charge in [-0.2, -0.15) is 0 Å². The first-order valence-electron chi connectivity index (χ1n) is 6.43. The molecule has 3 nitrogen and oxygen atoms in total. The number of amides is 1. The van der Waals surface area contributed by atoms with E-state index in [1.54, 1.807) is 0 Å². The van der Waals surface area contributed by atoms with Gasteiger partial charge in [-0.1, -0.05) is 28.1 Å². The number of nitrogens with one attached hydrogen (secondary N) is 2. The first-order valence-corrected chi connectivity index (χ1v) is 7.22. The van der Waals surface area contributed by atoms with Gasteiger partial charge in [-0.15, -0.1) is 0 Å². The molecule has 1 fully saturated rings. The maximum Gasteiger partial charge on any atom is 0.221 e. The van der Waals surface area contributed by atoms with Gasteiger partial charge in [-0.3, -0.25) is 4.79 Å². The van der Waals surface area contributed by atoms with Crippen molar-refractivity contribution in [2.45, 2.75) is 38.3 Å². The molecular formula is C14H19BrN2O. The van der Waals surface area contributed by atoms with E-state index in [0.717, 1.165) is 16.6 Å². The molecule has 0 unspecified atom stereocenters. The molecule has 0 bridgehead atoms. The van der Waals surface area contributed by atoms with Gasteiger partial charge in [0.2, 0.25) is 5.91 Å². The van der Waals surface area contributed by atoms with Crippen molar-refractivity contribution in [2.24, 2.45) is 0 Å². The third-order valence-electron chi connectivity index (χ3n) is 3.11. The van der Waals surface area contributed by atoms with Crippen molar-refractivity contribution in [3.8, 4) is 0 Å². The Kier molecular flexibility index (Phi) is 4.78. The second kappa shape index (κ2) is 6.34. The lowest BCUT2D eigenvalue weighted by Gasteiger charge is -2.14. The number of halogens is 1. The Balaban J connectivity index is 1.73. The van der Waals surface area contributed by atoms with Gasteiger partial charge in [0, 0.05) is 23.5 Å². The maximum absolute atomic E-state index is 11.7. The monoisotopic (exact) mass is 310 g/mol. The first-order chi connectivity index (χ1) is 8.65. The molecule has 1 aromatic rings. The highest BCUT2D eigenvalue weighted by Gasteiger charge is 2.20. The van der Waals surface area contributed by atoms with Crippen molar-refractivity contribution in [3.05, 3.63) is 34.3 Å². The minimum atomic E-state index is 0.0616. The molecular weight excluding hydrogens is 292 g/mol. The normalized spacial score (nSPS) is 16.3. The van der Waals surface area contributed by atoms with Crippen LogP contribution in [0.15, 0.2) is 28.7 Å². The van der Waals surface area contributed by atoms with Crippen LogP contribution < -0.4 is 10.6 Å². The Hall–Kier alpha value is -0.870. The summed E-state index contributed by atoms with van der Waals surface area (Å²) in [6.07, 6.45) is 3.07. The van der Waals surface area contributed by atoms with Gasteiger partial charge in [0.25, 0.3) is 0 Å². The Morgan fingerprint density at radius 2 is 2.06 bits per heavy atom. The van der Waals surface area contributed by atoms with Gasteiger partial charge in [-0.25, -0.2) is 0 Å². The SMILES string of the molecule is C[C@H](NC(=O)CCNC1CC1)c1ccc(Br)cc1. The molecule has 0 aliphatic heterocycles. The Morgan fingerprint density at radius 3 is 2.67 bits per heavy atom. The molecule has 2 N–H and O–H groups in total. The van der Waals surface area contributed by atoms with E-state index in [1.807, 2.05) is 31.2 Å². The zero-order chi connectivity index (χ0) is 13.0. The van der Waals surface area contributed by atoms with Gasteiger partial charge in [0.1, 0.15) is 0 Å². The fraction of sp³-hybridized carbons (Fsp3) is 0.500. The average molecular weight is 311 g/mol. The lowest BCUT2D eigenvalue weighted by atomic mass is 10.1. The fourth-order valence-corrected chi connectivity index (χ4v) is 2.09. The topological polar surface area (TPSA) is 41.1 Å². The molecule has 1 aliphatic carbocycles. The van der Waals surface area contributed by atoms with Crippen LogP contribution >= 0.6 is 15.9 Å².